The van der Waals surface area contributed by atoms with E-state index in [1.807, 2.05) is 0 Å². The van der Waals surface area contributed by atoms with E-state index in [2.05, 4.69) is 4.98 Å². The molecule has 0 atom stereocenters. The van der Waals surface area contributed by atoms with E-state index in [0.29, 0.717) is 34.0 Å². The molecule has 0 saturated carbocycles. The molecule has 0 aliphatic carbocycles. The zero-order valence-corrected chi connectivity index (χ0v) is 16.6. The first-order chi connectivity index (χ1) is 13.7. The molecule has 0 saturated heterocycles. The number of hydrogen-bond donors (Lipinski definition) is 1. The lowest BCUT2D eigenvalue weighted by atomic mass is 10.1. The Hall–Kier alpha value is -3.59. The van der Waals surface area contributed by atoms with E-state index >= 15 is 0 Å². The molecule has 29 heavy (non-hydrogen) atoms. The summed E-state index contributed by atoms with van der Waals surface area (Å²) in [4.78, 5) is 16.6. The van der Waals surface area contributed by atoms with Crippen molar-refractivity contribution in [1.82, 2.24) is 14.0 Å². The highest BCUT2D eigenvalue weighted by Gasteiger charge is 2.18. The van der Waals surface area contributed by atoms with Gasteiger partial charge >= 0.3 is 0 Å². The number of nitrogen functional groups attached to an aromatic ring is 1. The molecule has 2 N–H and O–H groups in total. The van der Waals surface area contributed by atoms with Gasteiger partial charge in [-0.05, 0) is 30.3 Å². The standard InChI is InChI=1S/C20H18N4O4S/c1-23-11-18(24-12-22-10-17(24)20(23)25)16-9-15(29(2,26)27)6-7-19(16)28-14-5-3-4-13(21)8-14/h3-12H,21H2,1-2H3. The van der Waals surface area contributed by atoms with Crippen LogP contribution in [0.25, 0.3) is 16.8 Å². The van der Waals surface area contributed by atoms with Crippen LogP contribution in [0, 0.1) is 0 Å². The highest BCUT2D eigenvalue weighted by atomic mass is 32.2. The first-order valence-corrected chi connectivity index (χ1v) is 10.5. The summed E-state index contributed by atoms with van der Waals surface area (Å²) in [5, 5.41) is 0. The molecule has 0 unspecified atom stereocenters. The maximum Gasteiger partial charge on any atom is 0.276 e. The molecule has 0 aliphatic rings. The smallest absolute Gasteiger partial charge is 0.276 e. The van der Waals surface area contributed by atoms with Gasteiger partial charge in [0.05, 0.1) is 23.1 Å². The number of benzene rings is 2. The Morgan fingerprint density at radius 2 is 1.93 bits per heavy atom. The van der Waals surface area contributed by atoms with Gasteiger partial charge in [0.2, 0.25) is 0 Å². The first kappa shape index (κ1) is 18.8. The Morgan fingerprint density at radius 3 is 2.66 bits per heavy atom. The van der Waals surface area contributed by atoms with Crippen LogP contribution >= 0.6 is 0 Å². The predicted molar refractivity (Wildman–Crippen MR) is 110 cm³/mol. The van der Waals surface area contributed by atoms with Gasteiger partial charge in [0.1, 0.15) is 17.0 Å². The largest absolute Gasteiger partial charge is 0.457 e. The number of anilines is 1. The quantitative estimate of drug-likeness (QED) is 0.518. The molecule has 4 aromatic rings. The summed E-state index contributed by atoms with van der Waals surface area (Å²) in [6.45, 7) is 0. The molecular weight excluding hydrogens is 392 g/mol. The maximum absolute atomic E-state index is 12.4. The van der Waals surface area contributed by atoms with Gasteiger partial charge in [-0.1, -0.05) is 6.07 Å². The molecule has 2 aromatic carbocycles. The molecule has 0 fully saturated rings. The van der Waals surface area contributed by atoms with Gasteiger partial charge in [-0.2, -0.15) is 0 Å². The zero-order valence-electron chi connectivity index (χ0n) is 15.7. The van der Waals surface area contributed by atoms with E-state index < -0.39 is 9.84 Å². The highest BCUT2D eigenvalue weighted by molar-refractivity contribution is 7.90. The molecule has 0 aliphatic heterocycles. The van der Waals surface area contributed by atoms with Crippen LogP contribution in [0.1, 0.15) is 0 Å². The lowest BCUT2D eigenvalue weighted by Crippen LogP contribution is -2.19. The molecule has 4 rings (SSSR count). The number of nitrogens with two attached hydrogens (primary N) is 1. The van der Waals surface area contributed by atoms with Gasteiger partial charge < -0.3 is 15.0 Å². The minimum absolute atomic E-state index is 0.134. The third kappa shape index (κ3) is 3.47. The summed E-state index contributed by atoms with van der Waals surface area (Å²) < 4.78 is 33.3. The molecule has 0 amide bonds. The number of sulfone groups is 1. The topological polar surface area (TPSA) is 109 Å². The molecule has 9 heteroatoms. The monoisotopic (exact) mass is 410 g/mol. The van der Waals surface area contributed by atoms with E-state index in [4.69, 9.17) is 10.5 Å². The third-order valence-corrected chi connectivity index (χ3v) is 5.60. The summed E-state index contributed by atoms with van der Waals surface area (Å²) in [5.74, 6) is 0.918. The van der Waals surface area contributed by atoms with Gasteiger partial charge in [-0.3, -0.25) is 9.20 Å². The summed E-state index contributed by atoms with van der Waals surface area (Å²) in [6, 6.07) is 11.5. The average Bonchev–Trinajstić information content (AvgIpc) is 3.14. The highest BCUT2D eigenvalue weighted by Crippen LogP contribution is 2.35. The van der Waals surface area contributed by atoms with Crippen LogP contribution in [-0.2, 0) is 16.9 Å². The fraction of sp³-hybridized carbons (Fsp3) is 0.100. The van der Waals surface area contributed by atoms with E-state index in [0.717, 1.165) is 6.26 Å². The lowest BCUT2D eigenvalue weighted by molar-refractivity contribution is 0.484. The maximum atomic E-state index is 12.4. The number of hydrogen-bond acceptors (Lipinski definition) is 6. The number of aromatic nitrogens is 3. The Morgan fingerprint density at radius 1 is 1.14 bits per heavy atom. The minimum Gasteiger partial charge on any atom is -0.457 e. The third-order valence-electron chi connectivity index (χ3n) is 4.49. The molecule has 2 aromatic heterocycles. The Bertz CT molecular complexity index is 1400. The van der Waals surface area contributed by atoms with Gasteiger partial charge in [-0.15, -0.1) is 0 Å². The molecule has 0 bridgehead atoms. The van der Waals surface area contributed by atoms with Crippen LogP contribution in [0.4, 0.5) is 5.69 Å². The minimum atomic E-state index is -3.46. The van der Waals surface area contributed by atoms with Gasteiger partial charge in [0.15, 0.2) is 9.84 Å². The van der Waals surface area contributed by atoms with Gasteiger partial charge in [-0.25, -0.2) is 13.4 Å². The summed E-state index contributed by atoms with van der Waals surface area (Å²) >= 11 is 0. The number of imidazole rings is 1. The van der Waals surface area contributed by atoms with E-state index in [1.54, 1.807) is 48.0 Å². The number of nitrogens with zero attached hydrogens (tertiary/aromatic N) is 3. The van der Waals surface area contributed by atoms with Crippen LogP contribution in [-0.4, -0.2) is 28.6 Å². The Balaban J connectivity index is 1.99. The van der Waals surface area contributed by atoms with Crippen molar-refractivity contribution >= 4 is 21.0 Å². The van der Waals surface area contributed by atoms with Crippen molar-refractivity contribution in [2.45, 2.75) is 4.90 Å². The SMILES string of the molecule is Cn1cc(-c2cc(S(C)(=O)=O)ccc2Oc2cccc(N)c2)n2cncc2c1=O. The second-order valence-corrected chi connectivity index (χ2v) is 8.70. The average molecular weight is 410 g/mol. The van der Waals surface area contributed by atoms with Crippen LogP contribution in [0.15, 0.2) is 70.9 Å². The number of rotatable bonds is 4. The van der Waals surface area contributed by atoms with Crippen LogP contribution in [0.5, 0.6) is 11.5 Å². The van der Waals surface area contributed by atoms with E-state index in [9.17, 15) is 13.2 Å². The van der Waals surface area contributed by atoms with Crippen molar-refractivity contribution in [1.29, 1.82) is 0 Å². The first-order valence-electron chi connectivity index (χ1n) is 8.63. The number of fused-ring (bicyclic) bond motifs is 1. The van der Waals surface area contributed by atoms with Crippen molar-refractivity contribution in [2.75, 3.05) is 12.0 Å². The summed E-state index contributed by atoms with van der Waals surface area (Å²) in [6.07, 6.45) is 5.72. The predicted octanol–water partition coefficient (Wildman–Crippen LogP) is 2.48. The second-order valence-electron chi connectivity index (χ2n) is 6.68. The van der Waals surface area contributed by atoms with Gasteiger partial charge in [0, 0.05) is 36.8 Å². The number of aryl methyl sites for hydroxylation is 1. The lowest BCUT2D eigenvalue weighted by Gasteiger charge is -2.15. The van der Waals surface area contributed by atoms with Crippen molar-refractivity contribution in [3.8, 4) is 22.8 Å². The van der Waals surface area contributed by atoms with E-state index in [1.165, 1.54) is 29.2 Å². The molecule has 148 valence electrons. The summed E-state index contributed by atoms with van der Waals surface area (Å²) in [5.41, 5.74) is 7.57. The molecular formula is C20H18N4O4S. The summed E-state index contributed by atoms with van der Waals surface area (Å²) in [7, 11) is -1.83. The normalized spacial score (nSPS) is 11.7. The Kier molecular flexibility index (Phi) is 4.39. The van der Waals surface area contributed by atoms with Crippen LogP contribution in [0.2, 0.25) is 0 Å². The van der Waals surface area contributed by atoms with Crippen molar-refractivity contribution < 1.29 is 13.2 Å². The molecule has 0 radical (unpaired) electrons. The van der Waals surface area contributed by atoms with Crippen LogP contribution in [0.3, 0.4) is 0 Å². The molecule has 0 spiro atoms. The van der Waals surface area contributed by atoms with E-state index in [-0.39, 0.29) is 10.5 Å². The molecule has 8 nitrogen and oxygen atoms in total. The zero-order chi connectivity index (χ0) is 20.8. The fourth-order valence-corrected chi connectivity index (χ4v) is 3.71. The fourth-order valence-electron chi connectivity index (χ4n) is 3.06. The van der Waals surface area contributed by atoms with Gasteiger partial charge in [0.25, 0.3) is 5.56 Å². The Labute approximate surface area is 166 Å². The van der Waals surface area contributed by atoms with Crippen LogP contribution < -0.4 is 16.0 Å². The van der Waals surface area contributed by atoms with Crippen molar-refractivity contribution in [3.05, 3.63) is 71.5 Å². The second kappa shape index (κ2) is 6.78. The van der Waals surface area contributed by atoms with Crippen molar-refractivity contribution in [3.63, 3.8) is 0 Å². The van der Waals surface area contributed by atoms with Crippen molar-refractivity contribution in [2.24, 2.45) is 7.05 Å². The molecule has 2 heterocycles. The number of ether oxygens (including phenoxy) is 1.